The summed E-state index contributed by atoms with van der Waals surface area (Å²) in [5.74, 6) is -0.464. The predicted molar refractivity (Wildman–Crippen MR) is 125 cm³/mol. The number of phosphoric ester groups is 2. The van der Waals surface area contributed by atoms with E-state index in [1.165, 1.54) is 25.1 Å². The van der Waals surface area contributed by atoms with Gasteiger partial charge in [-0.2, -0.15) is 4.31 Å². The first kappa shape index (κ1) is 30.0. The molecule has 19 heteroatoms. The Morgan fingerprint density at radius 1 is 1.13 bits per heavy atom. The molecule has 0 bridgehead atoms. The van der Waals surface area contributed by atoms with E-state index >= 15 is 0 Å². The number of aromatic amines is 1. The SMILES string of the molecule is CC(=O)Nc1ccc(CO)cc1COP(=O)(O)OP(=O)(O)OC[C@H]1O[C@@H](n2ccc(=O)[nH]c2=O)[C@H](O)[C@@H]1O. The van der Waals surface area contributed by atoms with Crippen molar-refractivity contribution in [2.45, 2.75) is 44.7 Å². The summed E-state index contributed by atoms with van der Waals surface area (Å²) < 4.78 is 44.2. The Bertz CT molecular complexity index is 1380. The Morgan fingerprint density at radius 3 is 2.45 bits per heavy atom. The fourth-order valence-electron chi connectivity index (χ4n) is 3.40. The van der Waals surface area contributed by atoms with Crippen LogP contribution in [0.25, 0.3) is 0 Å². The van der Waals surface area contributed by atoms with E-state index in [1.807, 2.05) is 4.98 Å². The number of carbonyl (C=O) groups excluding carboxylic acids is 1. The Balaban J connectivity index is 1.62. The highest BCUT2D eigenvalue weighted by atomic mass is 31.3. The van der Waals surface area contributed by atoms with Crippen molar-refractivity contribution in [3.05, 3.63) is 62.4 Å². The molecule has 0 aliphatic carbocycles. The van der Waals surface area contributed by atoms with Crippen LogP contribution in [0.15, 0.2) is 40.1 Å². The number of hydrogen-bond acceptors (Lipinski definition) is 12. The quantitative estimate of drug-likeness (QED) is 0.158. The van der Waals surface area contributed by atoms with E-state index in [0.29, 0.717) is 5.56 Å². The van der Waals surface area contributed by atoms with E-state index in [2.05, 4.69) is 14.2 Å². The van der Waals surface area contributed by atoms with Crippen molar-refractivity contribution < 1.29 is 57.1 Å². The van der Waals surface area contributed by atoms with Crippen LogP contribution < -0.4 is 16.6 Å². The van der Waals surface area contributed by atoms with Crippen molar-refractivity contribution in [2.24, 2.45) is 0 Å². The number of anilines is 1. The molecule has 2 heterocycles. The van der Waals surface area contributed by atoms with Crippen molar-refractivity contribution >= 4 is 27.2 Å². The van der Waals surface area contributed by atoms with Crippen molar-refractivity contribution in [1.82, 2.24) is 9.55 Å². The van der Waals surface area contributed by atoms with Gasteiger partial charge in [-0.1, -0.05) is 6.07 Å². The number of amides is 1. The lowest BCUT2D eigenvalue weighted by Gasteiger charge is -2.19. The molecule has 7 N–H and O–H groups in total. The number of nitrogens with zero attached hydrogens (tertiary/aromatic N) is 1. The van der Waals surface area contributed by atoms with Gasteiger partial charge in [0.25, 0.3) is 5.56 Å². The molecule has 0 saturated carbocycles. The fraction of sp³-hybridized carbons (Fsp3) is 0.421. The zero-order valence-electron chi connectivity index (χ0n) is 19.6. The van der Waals surface area contributed by atoms with Crippen molar-refractivity contribution in [2.75, 3.05) is 11.9 Å². The number of aliphatic hydroxyl groups excluding tert-OH is 3. The van der Waals surface area contributed by atoms with E-state index in [9.17, 15) is 48.6 Å². The van der Waals surface area contributed by atoms with Crippen LogP contribution in [-0.2, 0) is 45.2 Å². The van der Waals surface area contributed by atoms with Crippen molar-refractivity contribution in [3.63, 3.8) is 0 Å². The average Bonchev–Trinajstić information content (AvgIpc) is 3.10. The minimum atomic E-state index is -5.33. The molecule has 6 atom stereocenters. The molecule has 2 aromatic rings. The second kappa shape index (κ2) is 12.1. The molecule has 1 fully saturated rings. The maximum Gasteiger partial charge on any atom is 0.481 e. The molecule has 210 valence electrons. The monoisotopic (exact) mass is 581 g/mol. The lowest BCUT2D eigenvalue weighted by atomic mass is 10.1. The number of aliphatic hydroxyl groups is 3. The van der Waals surface area contributed by atoms with Crippen LogP contribution in [0.4, 0.5) is 5.69 Å². The number of phosphoric acid groups is 2. The molecule has 1 aromatic carbocycles. The normalized spacial score (nSPS) is 24.5. The molecule has 1 aliphatic rings. The summed E-state index contributed by atoms with van der Waals surface area (Å²) in [6.07, 6.45) is -5.45. The first-order valence-corrected chi connectivity index (χ1v) is 13.7. The summed E-state index contributed by atoms with van der Waals surface area (Å²) in [7, 11) is -10.6. The molecular formula is C19H25N3O14P2. The molecule has 1 aromatic heterocycles. The topological polar surface area (TPSA) is 256 Å². The minimum absolute atomic E-state index is 0.137. The number of ether oxygens (including phenoxy) is 1. The summed E-state index contributed by atoms with van der Waals surface area (Å²) in [6, 6.07) is 5.20. The average molecular weight is 581 g/mol. The standard InChI is InChI=1S/C19H25N3O14P2/c1-10(24)20-13-3-2-11(7-23)6-12(13)8-33-37(29,30)36-38(31,32)34-9-14-16(26)17(27)18(35-14)22-5-4-15(25)21-19(22)28/h2-6,14,16-18,23,26-27H,7-9H2,1H3,(H,20,24)(H,29,30)(H,31,32)(H,21,25,28)/t14-,16-,17-,18-/m1/s1. The Hall–Kier alpha value is -2.53. The first-order chi connectivity index (χ1) is 17.7. The molecule has 0 radical (unpaired) electrons. The first-order valence-electron chi connectivity index (χ1n) is 10.7. The summed E-state index contributed by atoms with van der Waals surface area (Å²) in [4.78, 5) is 56.2. The maximum absolute atomic E-state index is 12.3. The zero-order valence-corrected chi connectivity index (χ0v) is 21.4. The van der Waals surface area contributed by atoms with E-state index in [1.54, 1.807) is 0 Å². The molecule has 3 rings (SSSR count). The number of hydrogen-bond donors (Lipinski definition) is 7. The van der Waals surface area contributed by atoms with Gasteiger partial charge in [0.2, 0.25) is 5.91 Å². The Kier molecular flexibility index (Phi) is 9.57. The van der Waals surface area contributed by atoms with Gasteiger partial charge in [-0.25, -0.2) is 13.9 Å². The fourth-order valence-corrected chi connectivity index (χ4v) is 5.45. The van der Waals surface area contributed by atoms with Gasteiger partial charge < -0.3 is 35.2 Å². The third-order valence-electron chi connectivity index (χ3n) is 5.12. The zero-order chi connectivity index (χ0) is 28.3. The molecule has 17 nitrogen and oxygen atoms in total. The Labute approximate surface area is 213 Å². The highest BCUT2D eigenvalue weighted by Crippen LogP contribution is 2.61. The number of aromatic nitrogens is 2. The van der Waals surface area contributed by atoms with Gasteiger partial charge in [0.05, 0.1) is 19.8 Å². The van der Waals surface area contributed by atoms with Crippen molar-refractivity contribution in [1.29, 1.82) is 0 Å². The number of nitrogens with one attached hydrogen (secondary N) is 2. The van der Waals surface area contributed by atoms with Crippen LogP contribution in [0.1, 0.15) is 24.3 Å². The van der Waals surface area contributed by atoms with Crippen LogP contribution in [0, 0.1) is 0 Å². The second-order valence-corrected chi connectivity index (χ2v) is 11.0. The smallest absolute Gasteiger partial charge is 0.392 e. The molecule has 1 amide bonds. The molecule has 1 saturated heterocycles. The molecule has 2 unspecified atom stereocenters. The molecule has 1 aliphatic heterocycles. The van der Waals surface area contributed by atoms with E-state index in [4.69, 9.17) is 9.26 Å². The molecule has 0 spiro atoms. The van der Waals surface area contributed by atoms with Gasteiger partial charge in [0.1, 0.15) is 18.3 Å². The predicted octanol–water partition coefficient (Wildman–Crippen LogP) is -0.943. The summed E-state index contributed by atoms with van der Waals surface area (Å²) in [5.41, 5.74) is -0.988. The summed E-state index contributed by atoms with van der Waals surface area (Å²) >= 11 is 0. The third kappa shape index (κ3) is 7.75. The largest absolute Gasteiger partial charge is 0.481 e. The van der Waals surface area contributed by atoms with Gasteiger partial charge >= 0.3 is 21.3 Å². The lowest BCUT2D eigenvalue weighted by Crippen LogP contribution is -2.37. The minimum Gasteiger partial charge on any atom is -0.392 e. The van der Waals surface area contributed by atoms with E-state index in [-0.39, 0.29) is 17.9 Å². The molecule has 38 heavy (non-hydrogen) atoms. The van der Waals surface area contributed by atoms with Gasteiger partial charge in [0, 0.05) is 30.4 Å². The summed E-state index contributed by atoms with van der Waals surface area (Å²) in [5, 5.41) is 32.1. The van der Waals surface area contributed by atoms with Crippen LogP contribution in [0.3, 0.4) is 0 Å². The number of carbonyl (C=O) groups is 1. The third-order valence-corrected chi connectivity index (χ3v) is 7.70. The Morgan fingerprint density at radius 2 is 1.82 bits per heavy atom. The van der Waals surface area contributed by atoms with Gasteiger partial charge in [-0.05, 0) is 17.7 Å². The van der Waals surface area contributed by atoms with Crippen LogP contribution in [-0.4, -0.2) is 65.5 Å². The van der Waals surface area contributed by atoms with Crippen LogP contribution in [0.5, 0.6) is 0 Å². The van der Waals surface area contributed by atoms with Crippen LogP contribution >= 0.6 is 15.6 Å². The number of rotatable bonds is 11. The second-order valence-electron chi connectivity index (χ2n) is 7.98. The lowest BCUT2D eigenvalue weighted by molar-refractivity contribution is -0.114. The van der Waals surface area contributed by atoms with E-state index < -0.39 is 70.6 Å². The maximum atomic E-state index is 12.3. The van der Waals surface area contributed by atoms with Gasteiger partial charge in [-0.15, -0.1) is 0 Å². The molecular weight excluding hydrogens is 556 g/mol. The highest BCUT2D eigenvalue weighted by molar-refractivity contribution is 7.61. The van der Waals surface area contributed by atoms with Gasteiger partial charge in [0.15, 0.2) is 6.23 Å². The number of H-pyrrole nitrogens is 1. The van der Waals surface area contributed by atoms with Crippen LogP contribution in [0.2, 0.25) is 0 Å². The summed E-state index contributed by atoms with van der Waals surface area (Å²) in [6.45, 7) is -0.799. The van der Waals surface area contributed by atoms with E-state index in [0.717, 1.165) is 16.8 Å². The van der Waals surface area contributed by atoms with Gasteiger partial charge in [-0.3, -0.25) is 28.2 Å². The number of benzene rings is 1. The van der Waals surface area contributed by atoms with Crippen molar-refractivity contribution in [3.8, 4) is 0 Å². The highest BCUT2D eigenvalue weighted by Gasteiger charge is 2.46.